The minimum absolute atomic E-state index is 0.0564. The van der Waals surface area contributed by atoms with Gasteiger partial charge < -0.3 is 4.90 Å². The molecule has 1 saturated heterocycles. The number of sulfonamides is 1. The van der Waals surface area contributed by atoms with Crippen LogP contribution >= 0.6 is 0 Å². The molecule has 6 nitrogen and oxygen atoms in total. The summed E-state index contributed by atoms with van der Waals surface area (Å²) in [5, 5.41) is 0. The minimum Gasteiger partial charge on any atom is -0.333 e. The van der Waals surface area contributed by atoms with Crippen LogP contribution in [0, 0.1) is 6.92 Å². The maximum Gasteiger partial charge on any atom is 0.261 e. The molecule has 2 aromatic carbocycles. The van der Waals surface area contributed by atoms with Gasteiger partial charge >= 0.3 is 0 Å². The number of aryl methyl sites for hydroxylation is 1. The molecule has 1 atom stereocenters. The van der Waals surface area contributed by atoms with Crippen LogP contribution in [0.25, 0.3) is 0 Å². The van der Waals surface area contributed by atoms with Crippen molar-refractivity contribution < 1.29 is 13.2 Å². The number of benzene rings is 2. The molecule has 2 aromatic rings. The Labute approximate surface area is 167 Å². The third-order valence-corrected chi connectivity index (χ3v) is 6.60. The first-order valence-corrected chi connectivity index (χ1v) is 11.0. The van der Waals surface area contributed by atoms with Gasteiger partial charge in [-0.1, -0.05) is 25.1 Å². The van der Waals surface area contributed by atoms with Gasteiger partial charge in [-0.25, -0.2) is 8.42 Å². The molecule has 1 heterocycles. The van der Waals surface area contributed by atoms with Gasteiger partial charge in [-0.05, 0) is 56.3 Å². The van der Waals surface area contributed by atoms with Gasteiger partial charge in [-0.15, -0.1) is 0 Å². The zero-order valence-electron chi connectivity index (χ0n) is 16.6. The summed E-state index contributed by atoms with van der Waals surface area (Å²) in [6, 6.07) is 13.5. The van der Waals surface area contributed by atoms with Gasteiger partial charge in [0.25, 0.3) is 15.9 Å². The fourth-order valence-corrected chi connectivity index (χ4v) is 4.59. The fraction of sp³-hybridized carbons (Fsp3) is 0.381. The summed E-state index contributed by atoms with van der Waals surface area (Å²) in [5.74, 6) is -0.0564. The molecule has 7 heteroatoms. The summed E-state index contributed by atoms with van der Waals surface area (Å²) >= 11 is 0. The second kappa shape index (κ2) is 8.32. The molecule has 0 aromatic heterocycles. The molecule has 1 N–H and O–H groups in total. The second-order valence-corrected chi connectivity index (χ2v) is 8.87. The summed E-state index contributed by atoms with van der Waals surface area (Å²) in [4.78, 5) is 17.2. The van der Waals surface area contributed by atoms with Gasteiger partial charge in [0, 0.05) is 31.2 Å². The van der Waals surface area contributed by atoms with Gasteiger partial charge in [0.05, 0.1) is 10.6 Å². The first-order chi connectivity index (χ1) is 13.3. The van der Waals surface area contributed by atoms with Crippen molar-refractivity contribution in [1.82, 2.24) is 9.80 Å². The molecule has 0 saturated carbocycles. The average Bonchev–Trinajstić information content (AvgIpc) is 2.69. The number of para-hydroxylation sites is 1. The SMILES string of the molecule is CCN1CCN(C(=O)c2ccc(S(=O)(=O)Nc3ccccc3C)cc2)[C@@H](C)C1. The number of amides is 1. The number of piperazine rings is 1. The summed E-state index contributed by atoms with van der Waals surface area (Å²) in [6.45, 7) is 9.39. The largest absolute Gasteiger partial charge is 0.333 e. The van der Waals surface area contributed by atoms with Crippen LogP contribution in [0.1, 0.15) is 29.8 Å². The molecular formula is C21H27N3O3S. The number of carbonyl (C=O) groups is 1. The monoisotopic (exact) mass is 401 g/mol. The van der Waals surface area contributed by atoms with Crippen molar-refractivity contribution in [1.29, 1.82) is 0 Å². The quantitative estimate of drug-likeness (QED) is 0.836. The number of anilines is 1. The zero-order chi connectivity index (χ0) is 20.3. The van der Waals surface area contributed by atoms with Crippen LogP contribution in [0.2, 0.25) is 0 Å². The minimum atomic E-state index is -3.71. The highest BCUT2D eigenvalue weighted by Crippen LogP contribution is 2.21. The molecule has 1 amide bonds. The Balaban J connectivity index is 1.74. The van der Waals surface area contributed by atoms with Crippen molar-refractivity contribution in [3.8, 4) is 0 Å². The van der Waals surface area contributed by atoms with Gasteiger partial charge in [-0.2, -0.15) is 0 Å². The Morgan fingerprint density at radius 1 is 1.11 bits per heavy atom. The molecule has 1 aliphatic heterocycles. The highest BCUT2D eigenvalue weighted by molar-refractivity contribution is 7.92. The average molecular weight is 402 g/mol. The molecule has 0 bridgehead atoms. The molecule has 0 unspecified atom stereocenters. The van der Waals surface area contributed by atoms with E-state index in [-0.39, 0.29) is 16.8 Å². The molecule has 28 heavy (non-hydrogen) atoms. The molecule has 0 aliphatic carbocycles. The molecular weight excluding hydrogens is 374 g/mol. The predicted molar refractivity (Wildman–Crippen MR) is 111 cm³/mol. The maximum absolute atomic E-state index is 12.8. The summed E-state index contributed by atoms with van der Waals surface area (Å²) in [6.07, 6.45) is 0. The lowest BCUT2D eigenvalue weighted by Gasteiger charge is -2.39. The van der Waals surface area contributed by atoms with Crippen LogP contribution < -0.4 is 4.72 Å². The first kappa shape index (κ1) is 20.4. The maximum atomic E-state index is 12.8. The molecule has 1 fully saturated rings. The number of likely N-dealkylation sites (N-methyl/N-ethyl adjacent to an activating group) is 1. The van der Waals surface area contributed by atoms with E-state index < -0.39 is 10.0 Å². The lowest BCUT2D eigenvalue weighted by Crippen LogP contribution is -2.53. The fourth-order valence-electron chi connectivity index (χ4n) is 3.46. The van der Waals surface area contributed by atoms with Crippen LogP contribution in [0.4, 0.5) is 5.69 Å². The first-order valence-electron chi connectivity index (χ1n) is 9.53. The van der Waals surface area contributed by atoms with Crippen molar-refractivity contribution in [3.63, 3.8) is 0 Å². The number of hydrogen-bond donors (Lipinski definition) is 1. The molecule has 0 spiro atoms. The highest BCUT2D eigenvalue weighted by atomic mass is 32.2. The van der Waals surface area contributed by atoms with Crippen LogP contribution in [-0.2, 0) is 10.0 Å². The number of rotatable bonds is 5. The molecule has 1 aliphatic rings. The van der Waals surface area contributed by atoms with E-state index >= 15 is 0 Å². The van der Waals surface area contributed by atoms with E-state index in [0.717, 1.165) is 25.2 Å². The van der Waals surface area contributed by atoms with Crippen LogP contribution in [0.3, 0.4) is 0 Å². The molecule has 150 valence electrons. The number of carbonyl (C=O) groups excluding carboxylic acids is 1. The van der Waals surface area contributed by atoms with E-state index in [0.29, 0.717) is 17.8 Å². The Morgan fingerprint density at radius 3 is 2.39 bits per heavy atom. The summed E-state index contributed by atoms with van der Waals surface area (Å²) in [5.41, 5.74) is 1.90. The van der Waals surface area contributed by atoms with E-state index in [4.69, 9.17) is 0 Å². The lowest BCUT2D eigenvalue weighted by molar-refractivity contribution is 0.0499. The predicted octanol–water partition coefficient (Wildman–Crippen LogP) is 2.96. The topological polar surface area (TPSA) is 69.7 Å². The van der Waals surface area contributed by atoms with Crippen molar-refractivity contribution in [2.24, 2.45) is 0 Å². The molecule has 0 radical (unpaired) electrons. The number of nitrogens with zero attached hydrogens (tertiary/aromatic N) is 2. The molecule has 3 rings (SSSR count). The van der Waals surface area contributed by atoms with Gasteiger partial charge in [0.1, 0.15) is 0 Å². The normalized spacial score (nSPS) is 18.1. The van der Waals surface area contributed by atoms with Crippen LogP contribution in [0.5, 0.6) is 0 Å². The van der Waals surface area contributed by atoms with E-state index in [1.165, 1.54) is 12.1 Å². The Hall–Kier alpha value is -2.38. The van der Waals surface area contributed by atoms with Crippen molar-refractivity contribution in [2.75, 3.05) is 30.9 Å². The number of hydrogen-bond acceptors (Lipinski definition) is 4. The van der Waals surface area contributed by atoms with Crippen molar-refractivity contribution in [3.05, 3.63) is 59.7 Å². The van der Waals surface area contributed by atoms with Crippen LogP contribution in [0.15, 0.2) is 53.4 Å². The number of nitrogens with one attached hydrogen (secondary N) is 1. The highest BCUT2D eigenvalue weighted by Gasteiger charge is 2.27. The standard InChI is InChI=1S/C21H27N3O3S/c1-4-23-13-14-24(17(3)15-23)21(25)18-9-11-19(12-10-18)28(26,27)22-20-8-6-5-7-16(20)2/h5-12,17,22H,4,13-15H2,1-3H3/t17-/m0/s1. The Morgan fingerprint density at radius 2 is 1.79 bits per heavy atom. The van der Waals surface area contributed by atoms with Gasteiger partial charge in [0.2, 0.25) is 0 Å². The van der Waals surface area contributed by atoms with Gasteiger partial charge in [-0.3, -0.25) is 14.4 Å². The van der Waals surface area contributed by atoms with E-state index in [2.05, 4.69) is 16.5 Å². The van der Waals surface area contributed by atoms with E-state index in [1.54, 1.807) is 24.3 Å². The third kappa shape index (κ3) is 4.36. The lowest BCUT2D eigenvalue weighted by atomic mass is 10.1. The van der Waals surface area contributed by atoms with E-state index in [1.807, 2.05) is 30.9 Å². The summed E-state index contributed by atoms with van der Waals surface area (Å²) in [7, 11) is -3.71. The Bertz CT molecular complexity index is 942. The Kier molecular flexibility index (Phi) is 6.05. The third-order valence-electron chi connectivity index (χ3n) is 5.22. The smallest absolute Gasteiger partial charge is 0.261 e. The van der Waals surface area contributed by atoms with E-state index in [9.17, 15) is 13.2 Å². The van der Waals surface area contributed by atoms with Crippen LogP contribution in [-0.4, -0.2) is 56.3 Å². The second-order valence-electron chi connectivity index (χ2n) is 7.19. The van der Waals surface area contributed by atoms with Gasteiger partial charge in [0.15, 0.2) is 0 Å². The van der Waals surface area contributed by atoms with Crippen molar-refractivity contribution >= 4 is 21.6 Å². The summed E-state index contributed by atoms with van der Waals surface area (Å²) < 4.78 is 27.9. The van der Waals surface area contributed by atoms with Crippen molar-refractivity contribution in [2.45, 2.75) is 31.7 Å². The zero-order valence-corrected chi connectivity index (χ0v) is 17.4.